The highest BCUT2D eigenvalue weighted by molar-refractivity contribution is 5.21. The van der Waals surface area contributed by atoms with Gasteiger partial charge in [0.1, 0.15) is 24.3 Å². The molecule has 1 aromatic rings. The van der Waals surface area contributed by atoms with E-state index in [2.05, 4.69) is 0 Å². The lowest BCUT2D eigenvalue weighted by atomic mass is 10.3. The molecule has 0 saturated carbocycles. The zero-order chi connectivity index (χ0) is 9.68. The van der Waals surface area contributed by atoms with Crippen LogP contribution >= 0.6 is 0 Å². The molecule has 0 aromatic heterocycles. The summed E-state index contributed by atoms with van der Waals surface area (Å²) in [6, 6.07) is 5.44. The molecule has 1 rings (SSSR count). The maximum Gasteiger partial charge on any atom is 0.123 e. The summed E-state index contributed by atoms with van der Waals surface area (Å²) >= 11 is 0. The van der Waals surface area contributed by atoms with Crippen molar-refractivity contribution < 1.29 is 19.3 Å². The van der Waals surface area contributed by atoms with Crippen LogP contribution in [-0.2, 0) is 0 Å². The number of hydrogen-bond donors (Lipinski definition) is 2. The van der Waals surface area contributed by atoms with Crippen molar-refractivity contribution in [1.82, 2.24) is 0 Å². The second-order valence-electron chi connectivity index (χ2n) is 2.60. The van der Waals surface area contributed by atoms with Crippen molar-refractivity contribution in [2.75, 3.05) is 13.2 Å². The number of aliphatic hydroxyl groups is 2. The van der Waals surface area contributed by atoms with Crippen molar-refractivity contribution in [3.63, 3.8) is 0 Å². The Morgan fingerprint density at radius 3 is 2.46 bits per heavy atom. The molecule has 0 radical (unpaired) electrons. The van der Waals surface area contributed by atoms with E-state index in [0.29, 0.717) is 5.75 Å². The first kappa shape index (κ1) is 9.95. The summed E-state index contributed by atoms with van der Waals surface area (Å²) in [4.78, 5) is 0. The first-order valence-electron chi connectivity index (χ1n) is 3.89. The Balaban J connectivity index is 2.41. The average Bonchev–Trinajstić information content (AvgIpc) is 2.16. The smallest absolute Gasteiger partial charge is 0.123 e. The van der Waals surface area contributed by atoms with Crippen LogP contribution in [0.2, 0.25) is 0 Å². The van der Waals surface area contributed by atoms with E-state index in [1.165, 1.54) is 24.3 Å². The zero-order valence-corrected chi connectivity index (χ0v) is 6.98. The van der Waals surface area contributed by atoms with Crippen LogP contribution in [0.3, 0.4) is 0 Å². The predicted molar refractivity (Wildman–Crippen MR) is 45.0 cm³/mol. The van der Waals surface area contributed by atoms with Crippen LogP contribution in [0, 0.1) is 5.82 Å². The van der Waals surface area contributed by atoms with Gasteiger partial charge in [0.05, 0.1) is 6.61 Å². The molecule has 0 saturated heterocycles. The molecule has 0 amide bonds. The highest BCUT2D eigenvalue weighted by Gasteiger charge is 2.02. The molecule has 0 heterocycles. The lowest BCUT2D eigenvalue weighted by Crippen LogP contribution is -2.21. The molecule has 0 bridgehead atoms. The number of aliphatic hydroxyl groups excluding tert-OH is 2. The van der Waals surface area contributed by atoms with Gasteiger partial charge in [-0.15, -0.1) is 0 Å². The van der Waals surface area contributed by atoms with Crippen LogP contribution in [0.25, 0.3) is 0 Å². The maximum atomic E-state index is 12.4. The predicted octanol–water partition coefficient (Wildman–Crippen LogP) is 0.558. The van der Waals surface area contributed by atoms with Crippen molar-refractivity contribution in [2.45, 2.75) is 6.10 Å². The highest BCUT2D eigenvalue weighted by atomic mass is 19.1. The van der Waals surface area contributed by atoms with E-state index in [0.717, 1.165) is 0 Å². The van der Waals surface area contributed by atoms with Gasteiger partial charge in [-0.05, 0) is 24.3 Å². The largest absolute Gasteiger partial charge is 0.491 e. The third-order valence-electron chi connectivity index (χ3n) is 1.47. The van der Waals surface area contributed by atoms with Gasteiger partial charge >= 0.3 is 0 Å². The Morgan fingerprint density at radius 1 is 1.31 bits per heavy atom. The molecule has 0 unspecified atom stereocenters. The summed E-state index contributed by atoms with van der Waals surface area (Å²) in [5, 5.41) is 17.4. The van der Waals surface area contributed by atoms with E-state index in [1.54, 1.807) is 0 Å². The quantitative estimate of drug-likeness (QED) is 0.722. The van der Waals surface area contributed by atoms with Crippen molar-refractivity contribution in [1.29, 1.82) is 0 Å². The van der Waals surface area contributed by atoms with Gasteiger partial charge in [-0.3, -0.25) is 0 Å². The van der Waals surface area contributed by atoms with Crippen molar-refractivity contribution in [3.8, 4) is 5.75 Å². The summed E-state index contributed by atoms with van der Waals surface area (Å²) in [6.45, 7) is -0.344. The molecule has 3 nitrogen and oxygen atoms in total. The normalized spacial score (nSPS) is 12.5. The Morgan fingerprint density at radius 2 is 1.92 bits per heavy atom. The van der Waals surface area contributed by atoms with Crippen LogP contribution in [0.15, 0.2) is 24.3 Å². The minimum Gasteiger partial charge on any atom is -0.491 e. The Hall–Kier alpha value is -1.13. The fourth-order valence-corrected chi connectivity index (χ4v) is 0.776. The molecule has 0 aliphatic rings. The summed E-state index contributed by atoms with van der Waals surface area (Å²) < 4.78 is 17.4. The number of halogens is 1. The number of rotatable bonds is 4. The van der Waals surface area contributed by atoms with Crippen LogP contribution in [0.4, 0.5) is 4.39 Å². The third-order valence-corrected chi connectivity index (χ3v) is 1.47. The third kappa shape index (κ3) is 3.40. The molecular formula is C9H11FO3. The van der Waals surface area contributed by atoms with E-state index in [1.807, 2.05) is 0 Å². The number of ether oxygens (including phenoxy) is 1. The van der Waals surface area contributed by atoms with Gasteiger partial charge in [-0.1, -0.05) is 0 Å². The van der Waals surface area contributed by atoms with Gasteiger partial charge in [0.25, 0.3) is 0 Å². The molecular weight excluding hydrogens is 175 g/mol. The summed E-state index contributed by atoms with van der Waals surface area (Å²) in [5.74, 6) is 0.129. The number of benzene rings is 1. The fraction of sp³-hybridized carbons (Fsp3) is 0.333. The monoisotopic (exact) mass is 186 g/mol. The van der Waals surface area contributed by atoms with Gasteiger partial charge in [-0.25, -0.2) is 4.39 Å². The van der Waals surface area contributed by atoms with Crippen molar-refractivity contribution in [2.24, 2.45) is 0 Å². The van der Waals surface area contributed by atoms with Crippen molar-refractivity contribution >= 4 is 0 Å². The van der Waals surface area contributed by atoms with E-state index in [9.17, 15) is 4.39 Å². The maximum absolute atomic E-state index is 12.4. The molecule has 1 aromatic carbocycles. The van der Waals surface area contributed by atoms with Crippen LogP contribution in [-0.4, -0.2) is 29.5 Å². The molecule has 2 N–H and O–H groups in total. The molecule has 4 heteroatoms. The molecule has 0 fully saturated rings. The van der Waals surface area contributed by atoms with Gasteiger partial charge < -0.3 is 14.9 Å². The molecule has 0 aliphatic heterocycles. The molecule has 0 spiro atoms. The number of hydrogen-bond acceptors (Lipinski definition) is 3. The minimum absolute atomic E-state index is 0.00212. The second-order valence-corrected chi connectivity index (χ2v) is 2.60. The molecule has 1 atom stereocenters. The first-order chi connectivity index (χ1) is 6.22. The molecule has 13 heavy (non-hydrogen) atoms. The summed E-state index contributed by atoms with van der Waals surface area (Å²) in [7, 11) is 0. The zero-order valence-electron chi connectivity index (χ0n) is 6.98. The van der Waals surface area contributed by atoms with Crippen LogP contribution in [0.1, 0.15) is 0 Å². The Kier molecular flexibility index (Phi) is 3.67. The van der Waals surface area contributed by atoms with E-state index >= 15 is 0 Å². The molecule has 0 aliphatic carbocycles. The van der Waals surface area contributed by atoms with Gasteiger partial charge in [0.2, 0.25) is 0 Å². The highest BCUT2D eigenvalue weighted by Crippen LogP contribution is 2.10. The van der Waals surface area contributed by atoms with Gasteiger partial charge in [0.15, 0.2) is 0 Å². The lowest BCUT2D eigenvalue weighted by Gasteiger charge is -2.09. The standard InChI is InChI=1S/C9H11FO3/c10-7-1-3-9(4-2-7)13-6-8(12)5-11/h1-4,8,11-12H,5-6H2/t8-/m1/s1. The van der Waals surface area contributed by atoms with Crippen LogP contribution in [0.5, 0.6) is 5.75 Å². The summed E-state index contributed by atoms with van der Waals surface area (Å²) in [5.41, 5.74) is 0. The van der Waals surface area contributed by atoms with Gasteiger partial charge in [-0.2, -0.15) is 0 Å². The summed E-state index contributed by atoms with van der Waals surface area (Å²) in [6.07, 6.45) is -0.898. The molecule has 72 valence electrons. The topological polar surface area (TPSA) is 49.7 Å². The van der Waals surface area contributed by atoms with E-state index < -0.39 is 6.10 Å². The van der Waals surface area contributed by atoms with Gasteiger partial charge in [0, 0.05) is 0 Å². The first-order valence-corrected chi connectivity index (χ1v) is 3.89. The second kappa shape index (κ2) is 4.79. The Labute approximate surface area is 75.4 Å². The van der Waals surface area contributed by atoms with Crippen LogP contribution < -0.4 is 4.74 Å². The van der Waals surface area contributed by atoms with E-state index in [4.69, 9.17) is 14.9 Å². The average molecular weight is 186 g/mol. The minimum atomic E-state index is -0.898. The lowest BCUT2D eigenvalue weighted by molar-refractivity contribution is 0.0536. The van der Waals surface area contributed by atoms with Crippen molar-refractivity contribution in [3.05, 3.63) is 30.1 Å². The van der Waals surface area contributed by atoms with E-state index in [-0.39, 0.29) is 19.0 Å². The Bertz CT molecular complexity index is 248. The fourth-order valence-electron chi connectivity index (χ4n) is 0.776. The SMILES string of the molecule is OC[C@@H](O)COc1ccc(F)cc1.